The van der Waals surface area contributed by atoms with Gasteiger partial charge in [0.25, 0.3) is 0 Å². The van der Waals surface area contributed by atoms with Crippen molar-refractivity contribution in [2.24, 2.45) is 0 Å². The molecule has 0 atom stereocenters. The SMILES string of the molecule is COc1c(C)cc(NCCN(C)C)c(C)c1C. The summed E-state index contributed by atoms with van der Waals surface area (Å²) >= 11 is 0. The molecule has 96 valence electrons. The van der Waals surface area contributed by atoms with Crippen molar-refractivity contribution in [3.8, 4) is 5.75 Å². The van der Waals surface area contributed by atoms with Gasteiger partial charge >= 0.3 is 0 Å². The predicted molar refractivity (Wildman–Crippen MR) is 74.2 cm³/mol. The van der Waals surface area contributed by atoms with Crippen LogP contribution >= 0.6 is 0 Å². The van der Waals surface area contributed by atoms with Crippen LogP contribution in [0.15, 0.2) is 6.07 Å². The molecule has 3 heteroatoms. The van der Waals surface area contributed by atoms with Crippen molar-refractivity contribution in [3.05, 3.63) is 22.8 Å². The Morgan fingerprint density at radius 1 is 1.18 bits per heavy atom. The van der Waals surface area contributed by atoms with Gasteiger partial charge in [-0.3, -0.25) is 0 Å². The van der Waals surface area contributed by atoms with Crippen molar-refractivity contribution in [3.63, 3.8) is 0 Å². The summed E-state index contributed by atoms with van der Waals surface area (Å²) in [6.07, 6.45) is 0. The van der Waals surface area contributed by atoms with E-state index in [1.54, 1.807) is 7.11 Å². The number of methoxy groups -OCH3 is 1. The average molecular weight is 236 g/mol. The Labute approximate surface area is 105 Å². The number of ether oxygens (including phenoxy) is 1. The van der Waals surface area contributed by atoms with Crippen LogP contribution < -0.4 is 10.1 Å². The molecule has 0 aliphatic carbocycles. The average Bonchev–Trinajstić information content (AvgIpc) is 2.25. The minimum atomic E-state index is 0.957. The summed E-state index contributed by atoms with van der Waals surface area (Å²) in [5, 5.41) is 3.48. The second-order valence-electron chi connectivity index (χ2n) is 4.75. The Morgan fingerprint density at radius 2 is 1.82 bits per heavy atom. The number of anilines is 1. The largest absolute Gasteiger partial charge is 0.496 e. The first-order valence-corrected chi connectivity index (χ1v) is 6.00. The number of hydrogen-bond donors (Lipinski definition) is 1. The van der Waals surface area contributed by atoms with E-state index in [1.807, 2.05) is 0 Å². The quantitative estimate of drug-likeness (QED) is 0.850. The highest BCUT2D eigenvalue weighted by molar-refractivity contribution is 5.61. The highest BCUT2D eigenvalue weighted by Crippen LogP contribution is 2.31. The Kier molecular flexibility index (Phi) is 4.82. The Morgan fingerprint density at radius 3 is 2.35 bits per heavy atom. The summed E-state index contributed by atoms with van der Waals surface area (Å²) in [6, 6.07) is 2.16. The summed E-state index contributed by atoms with van der Waals surface area (Å²) in [7, 11) is 5.89. The number of nitrogens with zero attached hydrogens (tertiary/aromatic N) is 1. The molecule has 0 unspecified atom stereocenters. The van der Waals surface area contributed by atoms with E-state index in [2.05, 4.69) is 51.1 Å². The van der Waals surface area contributed by atoms with Crippen molar-refractivity contribution >= 4 is 5.69 Å². The molecule has 0 saturated heterocycles. The van der Waals surface area contributed by atoms with Crippen LogP contribution in [0.2, 0.25) is 0 Å². The van der Waals surface area contributed by atoms with E-state index in [9.17, 15) is 0 Å². The van der Waals surface area contributed by atoms with Gasteiger partial charge in [-0.2, -0.15) is 0 Å². The Balaban J connectivity index is 2.87. The molecular formula is C14H24N2O. The molecule has 0 aliphatic rings. The summed E-state index contributed by atoms with van der Waals surface area (Å²) in [5.74, 6) is 1.00. The van der Waals surface area contributed by atoms with Gasteiger partial charge in [0.15, 0.2) is 0 Å². The van der Waals surface area contributed by atoms with E-state index in [0.29, 0.717) is 0 Å². The van der Waals surface area contributed by atoms with Crippen LogP contribution in [0.5, 0.6) is 5.75 Å². The lowest BCUT2D eigenvalue weighted by atomic mass is 10.0. The predicted octanol–water partition coefficient (Wildman–Crippen LogP) is 2.59. The highest BCUT2D eigenvalue weighted by atomic mass is 16.5. The minimum Gasteiger partial charge on any atom is -0.496 e. The molecule has 1 N–H and O–H groups in total. The highest BCUT2D eigenvalue weighted by Gasteiger charge is 2.10. The molecule has 1 aromatic carbocycles. The number of benzene rings is 1. The van der Waals surface area contributed by atoms with E-state index in [-0.39, 0.29) is 0 Å². The molecule has 17 heavy (non-hydrogen) atoms. The van der Waals surface area contributed by atoms with Crippen molar-refractivity contribution in [1.29, 1.82) is 0 Å². The third-order valence-electron chi connectivity index (χ3n) is 3.10. The molecular weight excluding hydrogens is 212 g/mol. The van der Waals surface area contributed by atoms with Gasteiger partial charge in [0.05, 0.1) is 7.11 Å². The number of hydrogen-bond acceptors (Lipinski definition) is 3. The molecule has 1 aromatic rings. The lowest BCUT2D eigenvalue weighted by Gasteiger charge is -2.18. The van der Waals surface area contributed by atoms with E-state index < -0.39 is 0 Å². The molecule has 0 heterocycles. The van der Waals surface area contributed by atoms with Gasteiger partial charge in [-0.1, -0.05) is 0 Å². The van der Waals surface area contributed by atoms with Crippen molar-refractivity contribution in [1.82, 2.24) is 4.90 Å². The zero-order valence-corrected chi connectivity index (χ0v) is 11.8. The molecule has 0 saturated carbocycles. The van der Waals surface area contributed by atoms with Gasteiger partial charge in [-0.05, 0) is 57.6 Å². The minimum absolute atomic E-state index is 0.957. The number of rotatable bonds is 5. The van der Waals surface area contributed by atoms with Crippen LogP contribution in [0.1, 0.15) is 16.7 Å². The number of aryl methyl sites for hydroxylation is 1. The molecule has 0 amide bonds. The summed E-state index contributed by atoms with van der Waals surface area (Å²) in [4.78, 5) is 2.17. The van der Waals surface area contributed by atoms with Crippen LogP contribution in [0, 0.1) is 20.8 Å². The van der Waals surface area contributed by atoms with Crippen LogP contribution in [-0.4, -0.2) is 39.2 Å². The van der Waals surface area contributed by atoms with Crippen molar-refractivity contribution < 1.29 is 4.74 Å². The standard InChI is InChI=1S/C14H24N2O/c1-10-9-13(15-7-8-16(4)5)11(2)12(3)14(10)17-6/h9,15H,7-8H2,1-6H3. The first kappa shape index (κ1) is 13.8. The normalized spacial score (nSPS) is 10.8. The lowest BCUT2D eigenvalue weighted by Crippen LogP contribution is -2.21. The van der Waals surface area contributed by atoms with Gasteiger partial charge in [-0.25, -0.2) is 0 Å². The molecule has 0 aromatic heterocycles. The molecule has 3 nitrogen and oxygen atoms in total. The van der Waals surface area contributed by atoms with Crippen molar-refractivity contribution in [2.75, 3.05) is 39.6 Å². The van der Waals surface area contributed by atoms with Crippen LogP contribution in [0.4, 0.5) is 5.69 Å². The molecule has 0 radical (unpaired) electrons. The van der Waals surface area contributed by atoms with E-state index in [1.165, 1.54) is 22.4 Å². The fourth-order valence-corrected chi connectivity index (χ4v) is 1.97. The van der Waals surface area contributed by atoms with Gasteiger partial charge < -0.3 is 15.0 Å². The third kappa shape index (κ3) is 3.37. The van der Waals surface area contributed by atoms with E-state index in [0.717, 1.165) is 18.8 Å². The van der Waals surface area contributed by atoms with Gasteiger partial charge in [0.2, 0.25) is 0 Å². The topological polar surface area (TPSA) is 24.5 Å². The zero-order chi connectivity index (χ0) is 13.0. The van der Waals surface area contributed by atoms with Gasteiger partial charge in [0, 0.05) is 18.8 Å². The maximum absolute atomic E-state index is 5.42. The maximum Gasteiger partial charge on any atom is 0.125 e. The van der Waals surface area contributed by atoms with Gasteiger partial charge in [0.1, 0.15) is 5.75 Å². The molecule has 0 spiro atoms. The molecule has 0 bridgehead atoms. The lowest BCUT2D eigenvalue weighted by molar-refractivity contribution is 0.408. The number of likely N-dealkylation sites (N-methyl/N-ethyl adjacent to an activating group) is 1. The van der Waals surface area contributed by atoms with E-state index >= 15 is 0 Å². The first-order valence-electron chi connectivity index (χ1n) is 6.00. The van der Waals surface area contributed by atoms with Gasteiger partial charge in [-0.15, -0.1) is 0 Å². The second-order valence-corrected chi connectivity index (χ2v) is 4.75. The van der Waals surface area contributed by atoms with Crippen molar-refractivity contribution in [2.45, 2.75) is 20.8 Å². The van der Waals surface area contributed by atoms with Crippen LogP contribution in [0.3, 0.4) is 0 Å². The first-order chi connectivity index (χ1) is 7.97. The third-order valence-corrected chi connectivity index (χ3v) is 3.10. The number of nitrogens with one attached hydrogen (secondary N) is 1. The smallest absolute Gasteiger partial charge is 0.125 e. The molecule has 1 rings (SSSR count). The maximum atomic E-state index is 5.42. The monoisotopic (exact) mass is 236 g/mol. The molecule has 0 fully saturated rings. The fraction of sp³-hybridized carbons (Fsp3) is 0.571. The van der Waals surface area contributed by atoms with E-state index in [4.69, 9.17) is 4.74 Å². The Hall–Kier alpha value is -1.22. The van der Waals surface area contributed by atoms with Crippen LogP contribution in [0.25, 0.3) is 0 Å². The summed E-state index contributed by atoms with van der Waals surface area (Å²) in [5.41, 5.74) is 4.89. The Bertz CT molecular complexity index is 386. The summed E-state index contributed by atoms with van der Waals surface area (Å²) < 4.78 is 5.42. The van der Waals surface area contributed by atoms with Crippen LogP contribution in [-0.2, 0) is 0 Å². The second kappa shape index (κ2) is 5.92. The summed E-state index contributed by atoms with van der Waals surface area (Å²) in [6.45, 7) is 8.32. The zero-order valence-electron chi connectivity index (χ0n) is 11.8. The fourth-order valence-electron chi connectivity index (χ4n) is 1.97. The molecule has 0 aliphatic heterocycles.